The molecule has 0 radical (unpaired) electrons. The van der Waals surface area contributed by atoms with Crippen LogP contribution in [0.1, 0.15) is 12.5 Å². The summed E-state index contributed by atoms with van der Waals surface area (Å²) >= 11 is 1.21. The van der Waals surface area contributed by atoms with Crippen molar-refractivity contribution >= 4 is 34.3 Å². The third kappa shape index (κ3) is 5.48. The fourth-order valence-electron chi connectivity index (χ4n) is 3.70. The molecule has 8 nitrogen and oxygen atoms in total. The number of thioether (sulfide) groups is 1. The summed E-state index contributed by atoms with van der Waals surface area (Å²) in [7, 11) is 1.61. The van der Waals surface area contributed by atoms with E-state index in [0.29, 0.717) is 42.4 Å². The highest BCUT2D eigenvalue weighted by Gasteiger charge is 2.17. The Labute approximate surface area is 196 Å². The van der Waals surface area contributed by atoms with Crippen LogP contribution in [-0.4, -0.2) is 61.3 Å². The van der Waals surface area contributed by atoms with Crippen molar-refractivity contribution in [3.63, 3.8) is 0 Å². The van der Waals surface area contributed by atoms with E-state index in [1.54, 1.807) is 18.6 Å². The number of ether oxygens (including phenoxy) is 3. The monoisotopic (exact) mass is 469 g/mol. The molecule has 0 N–H and O–H groups in total. The van der Waals surface area contributed by atoms with Crippen molar-refractivity contribution in [2.75, 3.05) is 50.7 Å². The molecular weight excluding hydrogens is 442 g/mol. The lowest BCUT2D eigenvalue weighted by atomic mass is 10.2. The molecule has 3 aromatic rings. The number of fused-ring (bicyclic) bond motifs is 1. The smallest absolute Gasteiger partial charge is 0.316 e. The molecule has 0 aliphatic carbocycles. The molecule has 2 aromatic carbocycles. The summed E-state index contributed by atoms with van der Waals surface area (Å²) in [4.78, 5) is 32.5. The average molecular weight is 470 g/mol. The van der Waals surface area contributed by atoms with E-state index in [4.69, 9.17) is 19.2 Å². The first kappa shape index (κ1) is 23.1. The number of carbonyl (C=O) groups excluding carboxylic acids is 1. The van der Waals surface area contributed by atoms with Crippen molar-refractivity contribution < 1.29 is 19.0 Å². The minimum Gasteiger partial charge on any atom is -0.497 e. The number of anilines is 1. The normalized spacial score (nSPS) is 13.8. The summed E-state index contributed by atoms with van der Waals surface area (Å²) in [5.41, 5.74) is 2.38. The van der Waals surface area contributed by atoms with Crippen LogP contribution in [0, 0.1) is 0 Å². The van der Waals surface area contributed by atoms with Gasteiger partial charge in [-0.3, -0.25) is 14.2 Å². The fraction of sp³-hybridized carbons (Fsp3) is 0.375. The van der Waals surface area contributed by atoms with Gasteiger partial charge in [-0.2, -0.15) is 0 Å². The second kappa shape index (κ2) is 10.7. The Bertz CT molecular complexity index is 1170. The van der Waals surface area contributed by atoms with Gasteiger partial charge in [0.05, 0.1) is 50.1 Å². The van der Waals surface area contributed by atoms with Gasteiger partial charge >= 0.3 is 5.97 Å². The first-order valence-electron chi connectivity index (χ1n) is 10.9. The maximum atomic E-state index is 13.6. The molecule has 1 aromatic heterocycles. The number of benzene rings is 2. The lowest BCUT2D eigenvalue weighted by Gasteiger charge is -2.29. The third-order valence-corrected chi connectivity index (χ3v) is 6.35. The molecule has 0 unspecified atom stereocenters. The summed E-state index contributed by atoms with van der Waals surface area (Å²) in [6, 6.07) is 13.3. The van der Waals surface area contributed by atoms with Crippen LogP contribution in [0.5, 0.6) is 5.75 Å². The number of aromatic nitrogens is 2. The molecule has 1 fully saturated rings. The van der Waals surface area contributed by atoms with Gasteiger partial charge in [0, 0.05) is 18.8 Å². The highest BCUT2D eigenvalue weighted by Crippen LogP contribution is 2.24. The Morgan fingerprint density at radius 1 is 1.15 bits per heavy atom. The minimum absolute atomic E-state index is 0.0836. The maximum absolute atomic E-state index is 13.6. The maximum Gasteiger partial charge on any atom is 0.316 e. The molecule has 0 atom stereocenters. The molecular formula is C24H27N3O5S. The summed E-state index contributed by atoms with van der Waals surface area (Å²) in [6.07, 6.45) is 0. The van der Waals surface area contributed by atoms with Gasteiger partial charge in [0.1, 0.15) is 5.75 Å². The average Bonchev–Trinajstić information content (AvgIpc) is 2.85. The predicted molar refractivity (Wildman–Crippen MR) is 128 cm³/mol. The highest BCUT2D eigenvalue weighted by molar-refractivity contribution is 7.99. The van der Waals surface area contributed by atoms with Crippen LogP contribution in [0.25, 0.3) is 10.9 Å². The van der Waals surface area contributed by atoms with Crippen molar-refractivity contribution in [3.8, 4) is 5.75 Å². The molecule has 0 bridgehead atoms. The van der Waals surface area contributed by atoms with Crippen LogP contribution < -0.4 is 15.2 Å². The van der Waals surface area contributed by atoms with Crippen molar-refractivity contribution in [2.24, 2.45) is 0 Å². The lowest BCUT2D eigenvalue weighted by molar-refractivity contribution is -0.139. The highest BCUT2D eigenvalue weighted by atomic mass is 32.2. The second-order valence-electron chi connectivity index (χ2n) is 7.53. The summed E-state index contributed by atoms with van der Waals surface area (Å²) in [6.45, 7) is 5.32. The number of hydrogen-bond acceptors (Lipinski definition) is 8. The van der Waals surface area contributed by atoms with E-state index in [1.165, 1.54) is 11.8 Å². The zero-order chi connectivity index (χ0) is 23.2. The Morgan fingerprint density at radius 3 is 2.61 bits per heavy atom. The SMILES string of the molecule is CCOC(=O)CSc1nc2ccc(N3CCOCC3)cc2c(=O)n1Cc1ccc(OC)cc1. The summed E-state index contributed by atoms with van der Waals surface area (Å²) in [5, 5.41) is 1.03. The number of esters is 1. The molecule has 1 aliphatic rings. The zero-order valence-electron chi connectivity index (χ0n) is 18.8. The van der Waals surface area contributed by atoms with Crippen LogP contribution in [0.3, 0.4) is 0 Å². The van der Waals surface area contributed by atoms with Gasteiger partial charge in [-0.05, 0) is 42.8 Å². The first-order valence-corrected chi connectivity index (χ1v) is 11.9. The topological polar surface area (TPSA) is 82.9 Å². The van der Waals surface area contributed by atoms with Crippen LogP contribution in [-0.2, 0) is 20.8 Å². The van der Waals surface area contributed by atoms with Gasteiger partial charge in [0.15, 0.2) is 5.16 Å². The molecule has 0 amide bonds. The van der Waals surface area contributed by atoms with E-state index in [-0.39, 0.29) is 17.3 Å². The van der Waals surface area contributed by atoms with E-state index >= 15 is 0 Å². The molecule has 0 spiro atoms. The molecule has 33 heavy (non-hydrogen) atoms. The minimum atomic E-state index is -0.337. The number of carbonyl (C=O) groups is 1. The van der Waals surface area contributed by atoms with Crippen molar-refractivity contribution in [2.45, 2.75) is 18.6 Å². The molecule has 1 saturated heterocycles. The van der Waals surface area contributed by atoms with Gasteiger partial charge in [-0.25, -0.2) is 4.98 Å². The largest absolute Gasteiger partial charge is 0.497 e. The third-order valence-electron chi connectivity index (χ3n) is 5.40. The predicted octanol–water partition coefficient (Wildman–Crippen LogP) is 2.95. The van der Waals surface area contributed by atoms with Crippen molar-refractivity contribution in [1.29, 1.82) is 0 Å². The van der Waals surface area contributed by atoms with Gasteiger partial charge in [-0.1, -0.05) is 23.9 Å². The van der Waals surface area contributed by atoms with Gasteiger partial charge < -0.3 is 19.1 Å². The van der Waals surface area contributed by atoms with Crippen LogP contribution in [0.2, 0.25) is 0 Å². The van der Waals surface area contributed by atoms with Crippen molar-refractivity contribution in [3.05, 3.63) is 58.4 Å². The van der Waals surface area contributed by atoms with Gasteiger partial charge in [-0.15, -0.1) is 0 Å². The first-order chi connectivity index (χ1) is 16.1. The van der Waals surface area contributed by atoms with Crippen molar-refractivity contribution in [1.82, 2.24) is 9.55 Å². The number of rotatable bonds is 8. The van der Waals surface area contributed by atoms with Crippen LogP contribution >= 0.6 is 11.8 Å². The Balaban J connectivity index is 1.73. The molecule has 4 rings (SSSR count). The zero-order valence-corrected chi connectivity index (χ0v) is 19.6. The quantitative estimate of drug-likeness (QED) is 0.283. The Hall–Kier alpha value is -3.04. The molecule has 2 heterocycles. The fourth-order valence-corrected chi connectivity index (χ4v) is 4.49. The van der Waals surface area contributed by atoms with E-state index < -0.39 is 0 Å². The molecule has 0 saturated carbocycles. The molecule has 9 heteroatoms. The number of morpholine rings is 1. The standard InChI is InChI=1S/C24H27N3O5S/c1-3-32-22(28)16-33-24-25-21-9-6-18(26-10-12-31-13-11-26)14-20(21)23(29)27(24)15-17-4-7-19(30-2)8-5-17/h4-9,14H,3,10-13,15-16H2,1-2H3. The van der Waals surface area contributed by atoms with Crippen LogP contribution in [0.15, 0.2) is 52.4 Å². The van der Waals surface area contributed by atoms with Gasteiger partial charge in [0.2, 0.25) is 0 Å². The Morgan fingerprint density at radius 2 is 1.91 bits per heavy atom. The summed E-state index contributed by atoms with van der Waals surface area (Å²) in [5.74, 6) is 0.491. The van der Waals surface area contributed by atoms with E-state index in [9.17, 15) is 9.59 Å². The summed E-state index contributed by atoms with van der Waals surface area (Å²) < 4.78 is 17.3. The number of nitrogens with zero attached hydrogens (tertiary/aromatic N) is 3. The second-order valence-corrected chi connectivity index (χ2v) is 8.47. The van der Waals surface area contributed by atoms with E-state index in [0.717, 1.165) is 30.1 Å². The Kier molecular flexibility index (Phi) is 7.51. The molecule has 1 aliphatic heterocycles. The number of hydrogen-bond donors (Lipinski definition) is 0. The molecule has 174 valence electrons. The van der Waals surface area contributed by atoms with E-state index in [1.807, 2.05) is 42.5 Å². The van der Waals surface area contributed by atoms with E-state index in [2.05, 4.69) is 4.90 Å². The number of methoxy groups -OCH3 is 1. The lowest BCUT2D eigenvalue weighted by Crippen LogP contribution is -2.36. The van der Waals surface area contributed by atoms with Crippen LogP contribution in [0.4, 0.5) is 5.69 Å². The van der Waals surface area contributed by atoms with Gasteiger partial charge in [0.25, 0.3) is 5.56 Å².